The molecule has 0 heterocycles. The number of fused-ring (bicyclic) bond motifs is 1. The van der Waals surface area contributed by atoms with Crippen molar-refractivity contribution in [3.8, 4) is 0 Å². The van der Waals surface area contributed by atoms with E-state index in [2.05, 4.69) is 105 Å². The summed E-state index contributed by atoms with van der Waals surface area (Å²) < 4.78 is 0. The summed E-state index contributed by atoms with van der Waals surface area (Å²) in [6.45, 7) is 5.45. The van der Waals surface area contributed by atoms with Crippen molar-refractivity contribution in [3.05, 3.63) is 83.4 Å². The van der Waals surface area contributed by atoms with Crippen LogP contribution >= 0.6 is 0 Å². The molecule has 0 fully saturated rings. The van der Waals surface area contributed by atoms with E-state index in [0.29, 0.717) is 12.1 Å². The lowest BCUT2D eigenvalue weighted by Crippen LogP contribution is -2.22. The van der Waals surface area contributed by atoms with Gasteiger partial charge in [0, 0.05) is 18.6 Å². The van der Waals surface area contributed by atoms with E-state index < -0.39 is 0 Å². The maximum atomic E-state index is 3.73. The fraction of sp³-hybridized carbons (Fsp3) is 0.304. The highest BCUT2D eigenvalue weighted by molar-refractivity contribution is 5.83. The van der Waals surface area contributed by atoms with Crippen LogP contribution in [-0.2, 0) is 6.54 Å². The Morgan fingerprint density at radius 1 is 0.760 bits per heavy atom. The number of hydrogen-bond donors (Lipinski definition) is 1. The average Bonchev–Trinajstić information content (AvgIpc) is 2.61. The molecule has 2 heteroatoms. The highest BCUT2D eigenvalue weighted by Crippen LogP contribution is 2.23. The van der Waals surface area contributed by atoms with Crippen LogP contribution in [0.2, 0.25) is 0 Å². The molecular formula is C23H28N2. The Balaban J connectivity index is 1.69. The van der Waals surface area contributed by atoms with E-state index in [-0.39, 0.29) is 0 Å². The van der Waals surface area contributed by atoms with Gasteiger partial charge in [-0.05, 0) is 61.5 Å². The number of hydrogen-bond acceptors (Lipinski definition) is 2. The van der Waals surface area contributed by atoms with Crippen LogP contribution in [0, 0.1) is 0 Å². The van der Waals surface area contributed by atoms with Gasteiger partial charge in [-0.25, -0.2) is 0 Å². The van der Waals surface area contributed by atoms with Gasteiger partial charge in [0.05, 0.1) is 0 Å². The van der Waals surface area contributed by atoms with Crippen molar-refractivity contribution >= 4 is 10.8 Å². The molecule has 1 N–H and O–H groups in total. The van der Waals surface area contributed by atoms with E-state index in [1.807, 2.05) is 0 Å². The first kappa shape index (κ1) is 17.7. The molecule has 2 unspecified atom stereocenters. The third-order valence-electron chi connectivity index (χ3n) is 4.75. The Kier molecular flexibility index (Phi) is 5.52. The summed E-state index contributed by atoms with van der Waals surface area (Å²) in [5.74, 6) is 0. The molecule has 0 aliphatic heterocycles. The van der Waals surface area contributed by atoms with Crippen LogP contribution in [-0.4, -0.2) is 19.0 Å². The number of nitrogens with one attached hydrogen (secondary N) is 1. The van der Waals surface area contributed by atoms with Gasteiger partial charge in [0.15, 0.2) is 0 Å². The summed E-state index contributed by atoms with van der Waals surface area (Å²) in [4.78, 5) is 2.19. The monoisotopic (exact) mass is 332 g/mol. The molecule has 2 atom stereocenters. The van der Waals surface area contributed by atoms with Gasteiger partial charge >= 0.3 is 0 Å². The lowest BCUT2D eigenvalue weighted by atomic mass is 10.0. The Hall–Kier alpha value is -2.16. The van der Waals surface area contributed by atoms with Crippen molar-refractivity contribution in [1.82, 2.24) is 10.2 Å². The third-order valence-corrected chi connectivity index (χ3v) is 4.75. The average molecular weight is 332 g/mol. The molecular weight excluding hydrogens is 304 g/mol. The van der Waals surface area contributed by atoms with Crippen LogP contribution in [0.15, 0.2) is 66.7 Å². The summed E-state index contributed by atoms with van der Waals surface area (Å²) >= 11 is 0. The van der Waals surface area contributed by atoms with Crippen molar-refractivity contribution in [2.24, 2.45) is 0 Å². The molecule has 0 saturated heterocycles. The van der Waals surface area contributed by atoms with Gasteiger partial charge in [0.1, 0.15) is 0 Å². The zero-order chi connectivity index (χ0) is 17.8. The van der Waals surface area contributed by atoms with Crippen LogP contribution in [0.1, 0.15) is 42.6 Å². The topological polar surface area (TPSA) is 15.3 Å². The molecule has 0 bridgehead atoms. The second-order valence-electron chi connectivity index (χ2n) is 7.20. The van der Waals surface area contributed by atoms with Crippen molar-refractivity contribution in [1.29, 1.82) is 0 Å². The standard InChI is InChI=1S/C23H28N2/c1-17(20-11-9-19(10-12-20)16-25(3)4)24-18(2)22-14-13-21-7-5-6-8-23(21)15-22/h5-15,17-18,24H,16H2,1-4H3. The Bertz CT molecular complexity index is 821. The van der Waals surface area contributed by atoms with Crippen LogP contribution in [0.5, 0.6) is 0 Å². The molecule has 0 aliphatic carbocycles. The number of benzene rings is 3. The van der Waals surface area contributed by atoms with Gasteiger partial charge in [-0.2, -0.15) is 0 Å². The molecule has 0 amide bonds. The van der Waals surface area contributed by atoms with E-state index in [1.54, 1.807) is 0 Å². The van der Waals surface area contributed by atoms with E-state index in [1.165, 1.54) is 27.5 Å². The third kappa shape index (κ3) is 4.47. The van der Waals surface area contributed by atoms with Crippen LogP contribution < -0.4 is 5.32 Å². The van der Waals surface area contributed by atoms with Crippen molar-refractivity contribution in [2.75, 3.05) is 14.1 Å². The van der Waals surface area contributed by atoms with Crippen molar-refractivity contribution in [3.63, 3.8) is 0 Å². The summed E-state index contributed by atoms with van der Waals surface area (Å²) in [6.07, 6.45) is 0. The highest BCUT2D eigenvalue weighted by Gasteiger charge is 2.11. The minimum atomic E-state index is 0.307. The molecule has 3 aromatic rings. The maximum absolute atomic E-state index is 3.73. The number of rotatable bonds is 6. The second-order valence-corrected chi connectivity index (χ2v) is 7.20. The Morgan fingerprint density at radius 3 is 2.04 bits per heavy atom. The van der Waals surface area contributed by atoms with Gasteiger partial charge in [-0.1, -0.05) is 60.7 Å². The zero-order valence-electron chi connectivity index (χ0n) is 15.7. The van der Waals surface area contributed by atoms with Crippen LogP contribution in [0.4, 0.5) is 0 Å². The van der Waals surface area contributed by atoms with E-state index in [9.17, 15) is 0 Å². The first-order valence-electron chi connectivity index (χ1n) is 9.01. The summed E-state index contributed by atoms with van der Waals surface area (Å²) in [5, 5.41) is 6.32. The quantitative estimate of drug-likeness (QED) is 0.658. The first-order chi connectivity index (χ1) is 12.0. The SMILES string of the molecule is CC(NC(C)c1ccc2ccccc2c1)c1ccc(CN(C)C)cc1. The van der Waals surface area contributed by atoms with Crippen molar-refractivity contribution in [2.45, 2.75) is 32.5 Å². The lowest BCUT2D eigenvalue weighted by molar-refractivity contribution is 0.402. The summed E-state index contributed by atoms with van der Waals surface area (Å²) in [6, 6.07) is 24.8. The summed E-state index contributed by atoms with van der Waals surface area (Å²) in [5.41, 5.74) is 4.01. The van der Waals surface area contributed by atoms with E-state index >= 15 is 0 Å². The zero-order valence-corrected chi connectivity index (χ0v) is 15.7. The predicted molar refractivity (Wildman–Crippen MR) is 108 cm³/mol. The molecule has 3 rings (SSSR count). The normalized spacial score (nSPS) is 14.0. The minimum Gasteiger partial charge on any atom is -0.305 e. The van der Waals surface area contributed by atoms with Gasteiger partial charge in [-0.15, -0.1) is 0 Å². The molecule has 0 aliphatic rings. The van der Waals surface area contributed by atoms with Gasteiger partial charge in [0.2, 0.25) is 0 Å². The molecule has 3 aromatic carbocycles. The van der Waals surface area contributed by atoms with Crippen molar-refractivity contribution < 1.29 is 0 Å². The molecule has 130 valence electrons. The Labute approximate surface area is 151 Å². The molecule has 0 radical (unpaired) electrons. The first-order valence-corrected chi connectivity index (χ1v) is 9.01. The second kappa shape index (κ2) is 7.81. The Morgan fingerprint density at radius 2 is 1.36 bits per heavy atom. The maximum Gasteiger partial charge on any atom is 0.0297 e. The molecule has 0 saturated carbocycles. The van der Waals surface area contributed by atoms with Crippen LogP contribution in [0.3, 0.4) is 0 Å². The van der Waals surface area contributed by atoms with E-state index in [4.69, 9.17) is 0 Å². The number of nitrogens with zero attached hydrogens (tertiary/aromatic N) is 1. The highest BCUT2D eigenvalue weighted by atomic mass is 15.0. The lowest BCUT2D eigenvalue weighted by Gasteiger charge is -2.21. The minimum absolute atomic E-state index is 0.307. The van der Waals surface area contributed by atoms with Gasteiger partial charge in [0.25, 0.3) is 0 Å². The molecule has 2 nitrogen and oxygen atoms in total. The smallest absolute Gasteiger partial charge is 0.0297 e. The van der Waals surface area contributed by atoms with Gasteiger partial charge in [-0.3, -0.25) is 0 Å². The molecule has 25 heavy (non-hydrogen) atoms. The van der Waals surface area contributed by atoms with Gasteiger partial charge < -0.3 is 10.2 Å². The molecule has 0 spiro atoms. The predicted octanol–water partition coefficient (Wildman–Crippen LogP) is 5.31. The summed E-state index contributed by atoms with van der Waals surface area (Å²) in [7, 11) is 4.20. The van der Waals surface area contributed by atoms with Crippen LogP contribution in [0.25, 0.3) is 10.8 Å². The fourth-order valence-corrected chi connectivity index (χ4v) is 3.32. The largest absolute Gasteiger partial charge is 0.305 e. The fourth-order valence-electron chi connectivity index (χ4n) is 3.32. The van der Waals surface area contributed by atoms with E-state index in [0.717, 1.165) is 6.54 Å². The molecule has 0 aromatic heterocycles.